The van der Waals surface area contributed by atoms with Gasteiger partial charge in [0, 0.05) is 5.56 Å². The van der Waals surface area contributed by atoms with E-state index in [1.54, 1.807) is 0 Å². The molecule has 0 spiro atoms. The van der Waals surface area contributed by atoms with Crippen molar-refractivity contribution in [3.05, 3.63) is 70.8 Å². The lowest BCUT2D eigenvalue weighted by Crippen LogP contribution is -2.04. The van der Waals surface area contributed by atoms with Crippen molar-refractivity contribution in [2.45, 2.75) is 51.6 Å². The van der Waals surface area contributed by atoms with Crippen molar-refractivity contribution in [2.24, 2.45) is 5.16 Å². The largest absolute Gasteiger partial charge is 0.390 e. The highest BCUT2D eigenvalue weighted by molar-refractivity contribution is 5.79. The van der Waals surface area contributed by atoms with Gasteiger partial charge in [-0.1, -0.05) is 72.9 Å². The lowest BCUT2D eigenvalue weighted by atomic mass is 9.84. The molecule has 0 unspecified atom stereocenters. The van der Waals surface area contributed by atoms with Gasteiger partial charge in [-0.3, -0.25) is 0 Å². The number of nitrogens with zero attached hydrogens (tertiary/aromatic N) is 1. The molecule has 2 aromatic carbocycles. The number of rotatable bonds is 5. The molecule has 0 atom stereocenters. The molecule has 1 aliphatic rings. The fraction of sp³-hybridized carbons (Fsp3) is 0.381. The molecule has 1 fully saturated rings. The van der Waals surface area contributed by atoms with E-state index in [4.69, 9.17) is 4.84 Å². The molecular formula is C21H24NO. The zero-order valence-electron chi connectivity index (χ0n) is 13.8. The Labute approximate surface area is 139 Å². The van der Waals surface area contributed by atoms with E-state index in [1.807, 2.05) is 12.1 Å². The average Bonchev–Trinajstić information content (AvgIpc) is 2.61. The number of benzene rings is 2. The molecule has 0 N–H and O–H groups in total. The van der Waals surface area contributed by atoms with Gasteiger partial charge in [0.25, 0.3) is 0 Å². The number of hydrogen-bond donors (Lipinski definition) is 0. The predicted molar refractivity (Wildman–Crippen MR) is 94.8 cm³/mol. The Hall–Kier alpha value is -2.09. The molecule has 0 saturated heterocycles. The monoisotopic (exact) mass is 306 g/mol. The quantitative estimate of drug-likeness (QED) is 0.530. The fourth-order valence-electron chi connectivity index (χ4n) is 3.22. The summed E-state index contributed by atoms with van der Waals surface area (Å²) in [4.78, 5) is 5.36. The Morgan fingerprint density at radius 3 is 2.48 bits per heavy atom. The van der Waals surface area contributed by atoms with Gasteiger partial charge in [-0.15, -0.1) is 0 Å². The molecule has 0 heterocycles. The van der Waals surface area contributed by atoms with Gasteiger partial charge in [0.1, 0.15) is 12.8 Å². The van der Waals surface area contributed by atoms with Crippen LogP contribution in [0, 0.1) is 6.92 Å². The van der Waals surface area contributed by atoms with E-state index in [9.17, 15) is 0 Å². The molecule has 23 heavy (non-hydrogen) atoms. The first kappa shape index (κ1) is 15.8. The lowest BCUT2D eigenvalue weighted by Gasteiger charge is -2.21. The third-order valence-electron chi connectivity index (χ3n) is 4.71. The standard InChI is InChI=1S/C21H24NO/c1-17-7-5-6-10-21(17)16-23-22-15-18-11-13-20(14-12-18)19-8-3-2-4-9-19/h5-7,10-14,19H,2-4,8-9,16H2,1H3. The summed E-state index contributed by atoms with van der Waals surface area (Å²) in [5.41, 5.74) is 4.80. The Morgan fingerprint density at radius 1 is 1.00 bits per heavy atom. The molecule has 1 radical (unpaired) electrons. The first-order chi connectivity index (χ1) is 11.3. The van der Waals surface area contributed by atoms with Crippen molar-refractivity contribution in [3.8, 4) is 0 Å². The van der Waals surface area contributed by atoms with Crippen LogP contribution in [0.2, 0.25) is 0 Å². The zero-order chi connectivity index (χ0) is 15.9. The third-order valence-corrected chi connectivity index (χ3v) is 4.71. The van der Waals surface area contributed by atoms with Gasteiger partial charge in [-0.2, -0.15) is 0 Å². The van der Waals surface area contributed by atoms with E-state index < -0.39 is 0 Å². The van der Waals surface area contributed by atoms with Gasteiger partial charge in [-0.25, -0.2) is 0 Å². The summed E-state index contributed by atoms with van der Waals surface area (Å²) in [5, 5.41) is 3.97. The highest BCUT2D eigenvalue weighted by Crippen LogP contribution is 2.32. The fourth-order valence-corrected chi connectivity index (χ4v) is 3.22. The Balaban J connectivity index is 1.52. The van der Waals surface area contributed by atoms with Crippen molar-refractivity contribution in [3.63, 3.8) is 0 Å². The molecule has 0 amide bonds. The van der Waals surface area contributed by atoms with Crippen LogP contribution < -0.4 is 0 Å². The van der Waals surface area contributed by atoms with Gasteiger partial charge in [0.2, 0.25) is 0 Å². The highest BCUT2D eigenvalue weighted by atomic mass is 16.6. The molecule has 1 saturated carbocycles. The molecule has 0 aliphatic heterocycles. The van der Waals surface area contributed by atoms with Crippen LogP contribution in [0.15, 0.2) is 53.7 Å². The Morgan fingerprint density at radius 2 is 1.74 bits per heavy atom. The normalized spacial score (nSPS) is 15.9. The summed E-state index contributed by atoms with van der Waals surface area (Å²) in [6.45, 7) is 2.57. The first-order valence-electron chi connectivity index (χ1n) is 8.55. The van der Waals surface area contributed by atoms with Crippen molar-refractivity contribution in [2.75, 3.05) is 0 Å². The summed E-state index contributed by atoms with van der Waals surface area (Å²) < 4.78 is 0. The van der Waals surface area contributed by atoms with Gasteiger partial charge < -0.3 is 4.84 Å². The molecular weight excluding hydrogens is 282 g/mol. The van der Waals surface area contributed by atoms with Crippen LogP contribution in [0.4, 0.5) is 0 Å². The van der Waals surface area contributed by atoms with E-state index >= 15 is 0 Å². The van der Waals surface area contributed by atoms with Crippen LogP contribution in [0.1, 0.15) is 60.3 Å². The van der Waals surface area contributed by atoms with Crippen molar-refractivity contribution >= 4 is 6.21 Å². The SMILES string of the molecule is Cc1ccccc1CO/N=[C]\c1ccc(C2CCCCC2)cc1. The van der Waals surface area contributed by atoms with Crippen LogP contribution in [0.5, 0.6) is 0 Å². The molecule has 2 nitrogen and oxygen atoms in total. The highest BCUT2D eigenvalue weighted by Gasteiger charge is 2.14. The maximum Gasteiger partial charge on any atom is 0.142 e. The van der Waals surface area contributed by atoms with E-state index in [-0.39, 0.29) is 0 Å². The Bertz CT molecular complexity index is 639. The summed E-state index contributed by atoms with van der Waals surface area (Å²) in [5.74, 6) is 0.743. The van der Waals surface area contributed by atoms with E-state index in [1.165, 1.54) is 43.2 Å². The van der Waals surface area contributed by atoms with Crippen LogP contribution in [-0.2, 0) is 11.4 Å². The van der Waals surface area contributed by atoms with E-state index in [2.05, 4.69) is 54.7 Å². The smallest absolute Gasteiger partial charge is 0.142 e. The molecule has 119 valence electrons. The minimum Gasteiger partial charge on any atom is -0.390 e. The van der Waals surface area contributed by atoms with Crippen LogP contribution in [0.3, 0.4) is 0 Å². The van der Waals surface area contributed by atoms with Crippen molar-refractivity contribution in [1.82, 2.24) is 0 Å². The second kappa shape index (κ2) is 7.96. The molecule has 0 aromatic heterocycles. The van der Waals surface area contributed by atoms with Gasteiger partial charge in [-0.05, 0) is 42.4 Å². The maximum absolute atomic E-state index is 5.36. The van der Waals surface area contributed by atoms with Gasteiger partial charge >= 0.3 is 0 Å². The minimum atomic E-state index is 0.486. The Kier molecular flexibility index (Phi) is 5.46. The van der Waals surface area contributed by atoms with Crippen LogP contribution in [0.25, 0.3) is 0 Å². The number of hydrogen-bond acceptors (Lipinski definition) is 2. The average molecular weight is 306 g/mol. The van der Waals surface area contributed by atoms with Crippen LogP contribution >= 0.6 is 0 Å². The lowest BCUT2D eigenvalue weighted by molar-refractivity contribution is 0.131. The topological polar surface area (TPSA) is 21.6 Å². The third kappa shape index (κ3) is 4.44. The van der Waals surface area contributed by atoms with Crippen LogP contribution in [-0.4, -0.2) is 6.21 Å². The summed E-state index contributed by atoms with van der Waals surface area (Å²) in [7, 11) is 0. The number of aryl methyl sites for hydroxylation is 1. The molecule has 2 heteroatoms. The maximum atomic E-state index is 5.36. The predicted octanol–water partition coefficient (Wildman–Crippen LogP) is 5.47. The molecule has 3 rings (SSSR count). The van der Waals surface area contributed by atoms with Crippen molar-refractivity contribution in [1.29, 1.82) is 0 Å². The second-order valence-corrected chi connectivity index (χ2v) is 6.36. The van der Waals surface area contributed by atoms with Crippen molar-refractivity contribution < 1.29 is 4.84 Å². The summed E-state index contributed by atoms with van der Waals surface area (Å²) in [6.07, 6.45) is 9.76. The minimum absolute atomic E-state index is 0.486. The van der Waals surface area contributed by atoms with E-state index in [0.717, 1.165) is 17.0 Å². The second-order valence-electron chi connectivity index (χ2n) is 6.36. The van der Waals surface area contributed by atoms with E-state index in [0.29, 0.717) is 6.61 Å². The summed E-state index contributed by atoms with van der Waals surface area (Å²) in [6, 6.07) is 16.8. The van der Waals surface area contributed by atoms with Gasteiger partial charge in [0.15, 0.2) is 0 Å². The zero-order valence-corrected chi connectivity index (χ0v) is 13.8. The molecule has 2 aromatic rings. The van der Waals surface area contributed by atoms with Gasteiger partial charge in [0.05, 0.1) is 0 Å². The first-order valence-corrected chi connectivity index (χ1v) is 8.55. The molecule has 1 aliphatic carbocycles. The molecule has 0 bridgehead atoms. The summed E-state index contributed by atoms with van der Waals surface area (Å²) >= 11 is 0.